The molecule has 1 aliphatic rings. The molecule has 6 nitrogen and oxygen atoms in total. The predicted octanol–water partition coefficient (Wildman–Crippen LogP) is -1.64. The first kappa shape index (κ1) is 15.9. The van der Waals surface area contributed by atoms with Crippen molar-refractivity contribution >= 4 is 7.85 Å². The Labute approximate surface area is 109 Å². The van der Waals surface area contributed by atoms with E-state index in [1.165, 1.54) is 0 Å². The van der Waals surface area contributed by atoms with Crippen LogP contribution in [0.3, 0.4) is 0 Å². The summed E-state index contributed by atoms with van der Waals surface area (Å²) in [6, 6.07) is -0.0546. The van der Waals surface area contributed by atoms with Crippen LogP contribution < -0.4 is 5.73 Å². The van der Waals surface area contributed by atoms with E-state index in [-0.39, 0.29) is 30.4 Å². The predicted molar refractivity (Wildman–Crippen MR) is 69.5 cm³/mol. The maximum atomic E-state index is 5.94. The van der Waals surface area contributed by atoms with E-state index < -0.39 is 0 Å². The maximum Gasteiger partial charge on any atom is 0.142 e. The van der Waals surface area contributed by atoms with E-state index >= 15 is 0 Å². The molecule has 2 unspecified atom stereocenters. The van der Waals surface area contributed by atoms with E-state index in [0.717, 1.165) is 0 Å². The van der Waals surface area contributed by atoms with Crippen molar-refractivity contribution in [2.45, 2.75) is 30.4 Å². The maximum absolute atomic E-state index is 5.94. The third kappa shape index (κ3) is 3.91. The molecule has 7 heteroatoms. The van der Waals surface area contributed by atoms with Gasteiger partial charge in [-0.05, 0) is 0 Å². The van der Waals surface area contributed by atoms with E-state index in [4.69, 9.17) is 29.4 Å². The van der Waals surface area contributed by atoms with Gasteiger partial charge in [-0.3, -0.25) is 0 Å². The van der Waals surface area contributed by atoms with Crippen molar-refractivity contribution < 1.29 is 23.7 Å². The molecule has 2 N–H and O–H groups in total. The molecular formula is C11H24BNO5. The molecule has 0 aliphatic carbocycles. The average Bonchev–Trinajstić information content (AvgIpc) is 2.65. The summed E-state index contributed by atoms with van der Waals surface area (Å²) in [6.45, 7) is 1.35. The summed E-state index contributed by atoms with van der Waals surface area (Å²) in [5.41, 5.74) is 5.65. The van der Waals surface area contributed by atoms with Crippen molar-refractivity contribution in [2.75, 3.05) is 41.1 Å². The molecule has 0 bridgehead atoms. The molecule has 0 spiro atoms. The first-order valence-corrected chi connectivity index (χ1v) is 6.19. The van der Waals surface area contributed by atoms with Crippen molar-refractivity contribution in [3.05, 3.63) is 0 Å². The highest BCUT2D eigenvalue weighted by molar-refractivity contribution is 6.11. The smallest absolute Gasteiger partial charge is 0.142 e. The normalized spacial score (nSPS) is 33.8. The first-order chi connectivity index (χ1) is 8.67. The van der Waals surface area contributed by atoms with Gasteiger partial charge >= 0.3 is 0 Å². The molecule has 0 amide bonds. The lowest BCUT2D eigenvalue weighted by Crippen LogP contribution is -2.43. The third-order valence-corrected chi connectivity index (χ3v) is 3.11. The fraction of sp³-hybridized carbons (Fsp3) is 1.00. The van der Waals surface area contributed by atoms with Crippen LogP contribution in [0.1, 0.15) is 0 Å². The molecule has 0 aromatic carbocycles. The number of rotatable bonds is 8. The molecule has 18 heavy (non-hydrogen) atoms. The quantitative estimate of drug-likeness (QED) is 0.529. The third-order valence-electron chi connectivity index (χ3n) is 3.11. The summed E-state index contributed by atoms with van der Waals surface area (Å²) in [7, 11) is 6.89. The SMILES string of the molecule is B[C@@H]1O[C@H](COC)C(OC)[C@@H]1OC(CN)COC. The zero-order valence-electron chi connectivity index (χ0n) is 11.6. The van der Waals surface area contributed by atoms with E-state index in [1.54, 1.807) is 21.3 Å². The van der Waals surface area contributed by atoms with Gasteiger partial charge in [0.15, 0.2) is 0 Å². The van der Waals surface area contributed by atoms with Crippen LogP contribution in [0.5, 0.6) is 0 Å². The Morgan fingerprint density at radius 3 is 2.44 bits per heavy atom. The van der Waals surface area contributed by atoms with Gasteiger partial charge in [0.05, 0.1) is 25.3 Å². The highest BCUT2D eigenvalue weighted by atomic mass is 16.6. The van der Waals surface area contributed by atoms with Gasteiger partial charge in [0, 0.05) is 27.9 Å². The van der Waals surface area contributed by atoms with Crippen molar-refractivity contribution in [1.82, 2.24) is 0 Å². The van der Waals surface area contributed by atoms with E-state index in [1.807, 2.05) is 7.85 Å². The van der Waals surface area contributed by atoms with Gasteiger partial charge in [0.25, 0.3) is 0 Å². The Morgan fingerprint density at radius 1 is 1.22 bits per heavy atom. The minimum atomic E-state index is -0.154. The number of nitrogens with two attached hydrogens (primary N) is 1. The van der Waals surface area contributed by atoms with Gasteiger partial charge in [-0.1, -0.05) is 0 Å². The second kappa shape index (κ2) is 8.09. The fourth-order valence-electron chi connectivity index (χ4n) is 2.25. The Hall–Kier alpha value is -0.175. The fourth-order valence-corrected chi connectivity index (χ4v) is 2.25. The van der Waals surface area contributed by atoms with E-state index in [9.17, 15) is 0 Å². The summed E-state index contributed by atoms with van der Waals surface area (Å²) >= 11 is 0. The largest absolute Gasteiger partial charge is 0.382 e. The molecule has 1 saturated heterocycles. The minimum Gasteiger partial charge on any atom is -0.382 e. The molecule has 106 valence electrons. The van der Waals surface area contributed by atoms with Crippen molar-refractivity contribution in [2.24, 2.45) is 5.73 Å². The molecular weight excluding hydrogens is 237 g/mol. The molecule has 0 aromatic rings. The second-order valence-corrected chi connectivity index (χ2v) is 4.45. The molecule has 0 radical (unpaired) electrons. The van der Waals surface area contributed by atoms with Gasteiger partial charge in [-0.25, -0.2) is 0 Å². The number of ether oxygens (including phenoxy) is 5. The highest BCUT2D eigenvalue weighted by Gasteiger charge is 2.44. The minimum absolute atomic E-state index is 0.0546. The van der Waals surface area contributed by atoms with Crippen LogP contribution in [0.15, 0.2) is 0 Å². The van der Waals surface area contributed by atoms with Crippen molar-refractivity contribution in [1.29, 1.82) is 0 Å². The summed E-state index contributed by atoms with van der Waals surface area (Å²) in [6.07, 6.45) is -0.560. The van der Waals surface area contributed by atoms with Gasteiger partial charge in [-0.15, -0.1) is 0 Å². The molecule has 0 saturated carbocycles. The highest BCUT2D eigenvalue weighted by Crippen LogP contribution is 2.25. The summed E-state index contributed by atoms with van der Waals surface area (Å²) in [5, 5.41) is 0. The molecule has 1 fully saturated rings. The second-order valence-electron chi connectivity index (χ2n) is 4.45. The molecule has 0 aromatic heterocycles. The van der Waals surface area contributed by atoms with Crippen LogP contribution in [0.25, 0.3) is 0 Å². The van der Waals surface area contributed by atoms with Crippen LogP contribution in [0, 0.1) is 0 Å². The lowest BCUT2D eigenvalue weighted by atomic mass is 9.92. The molecule has 1 aliphatic heterocycles. The standard InChI is InChI=1S/C11H24BNO5/c1-14-5-7(4-13)17-10-9(16-3)8(6-15-2)18-11(10)12/h7-11H,4-6,12-13H2,1-3H3/t7?,8-,9?,10+,11-/m1/s1. The Bertz CT molecular complexity index is 233. The zero-order valence-corrected chi connectivity index (χ0v) is 11.6. The number of hydrogen-bond acceptors (Lipinski definition) is 6. The summed E-state index contributed by atoms with van der Waals surface area (Å²) < 4.78 is 27.4. The van der Waals surface area contributed by atoms with Gasteiger partial charge in [0.1, 0.15) is 26.2 Å². The van der Waals surface area contributed by atoms with Gasteiger partial charge in [-0.2, -0.15) is 0 Å². The lowest BCUT2D eigenvalue weighted by Gasteiger charge is -2.26. The summed E-state index contributed by atoms with van der Waals surface area (Å²) in [4.78, 5) is 0. The average molecular weight is 261 g/mol. The summed E-state index contributed by atoms with van der Waals surface area (Å²) in [5.74, 6) is 0. The molecule has 1 rings (SSSR count). The van der Waals surface area contributed by atoms with Crippen LogP contribution in [0.2, 0.25) is 0 Å². The number of methoxy groups -OCH3 is 3. The number of hydrogen-bond donors (Lipinski definition) is 1. The Kier molecular flexibility index (Phi) is 7.14. The van der Waals surface area contributed by atoms with Crippen LogP contribution in [-0.4, -0.2) is 79.4 Å². The van der Waals surface area contributed by atoms with E-state index in [2.05, 4.69) is 0 Å². The first-order valence-electron chi connectivity index (χ1n) is 6.19. The molecule has 5 atom stereocenters. The van der Waals surface area contributed by atoms with Crippen molar-refractivity contribution in [3.63, 3.8) is 0 Å². The van der Waals surface area contributed by atoms with Crippen LogP contribution in [0.4, 0.5) is 0 Å². The Balaban J connectivity index is 2.61. The van der Waals surface area contributed by atoms with Crippen LogP contribution in [-0.2, 0) is 23.7 Å². The van der Waals surface area contributed by atoms with E-state index in [0.29, 0.717) is 19.8 Å². The monoisotopic (exact) mass is 261 g/mol. The Morgan fingerprint density at radius 2 is 1.94 bits per heavy atom. The zero-order chi connectivity index (χ0) is 13.5. The lowest BCUT2D eigenvalue weighted by molar-refractivity contribution is -0.0947. The topological polar surface area (TPSA) is 72.2 Å². The van der Waals surface area contributed by atoms with Gasteiger partial charge in [0.2, 0.25) is 0 Å². The van der Waals surface area contributed by atoms with Gasteiger partial charge < -0.3 is 29.4 Å². The van der Waals surface area contributed by atoms with Crippen molar-refractivity contribution in [3.8, 4) is 0 Å². The van der Waals surface area contributed by atoms with Crippen LogP contribution >= 0.6 is 0 Å². The molecule has 1 heterocycles.